The summed E-state index contributed by atoms with van der Waals surface area (Å²) in [6, 6.07) is 7.93. The van der Waals surface area contributed by atoms with Crippen molar-refractivity contribution in [1.82, 2.24) is 4.90 Å². The number of anilines is 1. The molecule has 0 radical (unpaired) electrons. The molecule has 1 aromatic rings. The van der Waals surface area contributed by atoms with Gasteiger partial charge in [0.2, 0.25) is 0 Å². The zero-order valence-corrected chi connectivity index (χ0v) is 13.7. The summed E-state index contributed by atoms with van der Waals surface area (Å²) in [4.78, 5) is 16.6. The van der Waals surface area contributed by atoms with Crippen molar-refractivity contribution in [2.24, 2.45) is 0 Å². The lowest BCUT2D eigenvalue weighted by molar-refractivity contribution is 0.0693. The zero-order valence-electron chi connectivity index (χ0n) is 13.7. The SMILES string of the molecule is CCN(CC)c1ccc(C(=O)N(CCCO)C(C)C)cc1. The number of amides is 1. The maximum atomic E-state index is 12.5. The predicted octanol–water partition coefficient (Wildman–Crippen LogP) is 2.77. The van der Waals surface area contributed by atoms with Gasteiger partial charge in [-0.05, 0) is 58.4 Å². The largest absolute Gasteiger partial charge is 0.396 e. The number of hydrogen-bond donors (Lipinski definition) is 1. The van der Waals surface area contributed by atoms with E-state index in [-0.39, 0.29) is 18.6 Å². The first-order valence-electron chi connectivity index (χ1n) is 7.81. The van der Waals surface area contributed by atoms with E-state index in [1.807, 2.05) is 43.0 Å². The van der Waals surface area contributed by atoms with Crippen molar-refractivity contribution >= 4 is 11.6 Å². The smallest absolute Gasteiger partial charge is 0.254 e. The Balaban J connectivity index is 2.86. The van der Waals surface area contributed by atoms with E-state index < -0.39 is 0 Å². The van der Waals surface area contributed by atoms with Crippen LogP contribution in [0.2, 0.25) is 0 Å². The molecule has 118 valence electrons. The molecular formula is C17H28N2O2. The van der Waals surface area contributed by atoms with Crippen LogP contribution in [0.15, 0.2) is 24.3 Å². The molecule has 0 aliphatic rings. The lowest BCUT2D eigenvalue weighted by Gasteiger charge is -2.27. The maximum absolute atomic E-state index is 12.5. The molecule has 0 saturated heterocycles. The van der Waals surface area contributed by atoms with Gasteiger partial charge in [-0.25, -0.2) is 0 Å². The first-order valence-corrected chi connectivity index (χ1v) is 7.81. The van der Waals surface area contributed by atoms with Crippen LogP contribution in [0.25, 0.3) is 0 Å². The van der Waals surface area contributed by atoms with Crippen LogP contribution in [0.3, 0.4) is 0 Å². The van der Waals surface area contributed by atoms with Crippen LogP contribution < -0.4 is 4.90 Å². The van der Waals surface area contributed by atoms with E-state index in [0.29, 0.717) is 18.5 Å². The highest BCUT2D eigenvalue weighted by Crippen LogP contribution is 2.17. The molecule has 0 bridgehead atoms. The Kier molecular flexibility index (Phi) is 7.23. The molecule has 21 heavy (non-hydrogen) atoms. The summed E-state index contributed by atoms with van der Waals surface area (Å²) in [5, 5.41) is 8.96. The molecule has 4 heteroatoms. The Morgan fingerprint density at radius 2 is 1.71 bits per heavy atom. The topological polar surface area (TPSA) is 43.8 Å². The third kappa shape index (κ3) is 4.74. The molecule has 0 spiro atoms. The standard InChI is InChI=1S/C17H28N2O2/c1-5-18(6-2)16-10-8-15(9-11-16)17(21)19(14(3)4)12-7-13-20/h8-11,14,20H,5-7,12-13H2,1-4H3. The molecule has 0 saturated carbocycles. The van der Waals surface area contributed by atoms with E-state index in [4.69, 9.17) is 5.11 Å². The van der Waals surface area contributed by atoms with Crippen molar-refractivity contribution < 1.29 is 9.90 Å². The van der Waals surface area contributed by atoms with Gasteiger partial charge in [-0.15, -0.1) is 0 Å². The lowest BCUT2D eigenvalue weighted by atomic mass is 10.1. The molecule has 0 heterocycles. The van der Waals surface area contributed by atoms with E-state index in [1.54, 1.807) is 0 Å². The lowest BCUT2D eigenvalue weighted by Crippen LogP contribution is -2.38. The van der Waals surface area contributed by atoms with Crippen LogP contribution in [-0.4, -0.2) is 48.2 Å². The Morgan fingerprint density at radius 1 is 1.14 bits per heavy atom. The fraction of sp³-hybridized carbons (Fsp3) is 0.588. The minimum absolute atomic E-state index is 0.0320. The average Bonchev–Trinajstić information content (AvgIpc) is 2.49. The Labute approximate surface area is 128 Å². The first kappa shape index (κ1) is 17.5. The van der Waals surface area contributed by atoms with Crippen molar-refractivity contribution in [3.63, 3.8) is 0 Å². The van der Waals surface area contributed by atoms with E-state index >= 15 is 0 Å². The summed E-state index contributed by atoms with van der Waals surface area (Å²) in [6.07, 6.45) is 0.613. The van der Waals surface area contributed by atoms with Gasteiger partial charge < -0.3 is 14.9 Å². The van der Waals surface area contributed by atoms with Gasteiger partial charge in [-0.2, -0.15) is 0 Å². The molecule has 0 aliphatic carbocycles. The summed E-state index contributed by atoms with van der Waals surface area (Å²) in [5.74, 6) is 0.0320. The number of aliphatic hydroxyl groups is 1. The number of carbonyl (C=O) groups is 1. The molecular weight excluding hydrogens is 264 g/mol. The van der Waals surface area contributed by atoms with Gasteiger partial charge in [-0.3, -0.25) is 4.79 Å². The van der Waals surface area contributed by atoms with Crippen LogP contribution in [0.4, 0.5) is 5.69 Å². The van der Waals surface area contributed by atoms with E-state index in [2.05, 4.69) is 18.7 Å². The molecule has 1 N–H and O–H groups in total. The number of benzene rings is 1. The summed E-state index contributed by atoms with van der Waals surface area (Å²) in [5.41, 5.74) is 1.85. The Bertz CT molecular complexity index is 425. The Hall–Kier alpha value is -1.55. The van der Waals surface area contributed by atoms with Gasteiger partial charge in [-0.1, -0.05) is 0 Å². The van der Waals surface area contributed by atoms with Crippen molar-refractivity contribution in [1.29, 1.82) is 0 Å². The van der Waals surface area contributed by atoms with Crippen molar-refractivity contribution in [3.05, 3.63) is 29.8 Å². The van der Waals surface area contributed by atoms with Crippen LogP contribution in [0, 0.1) is 0 Å². The first-order chi connectivity index (χ1) is 10.0. The third-order valence-electron chi connectivity index (χ3n) is 3.68. The van der Waals surface area contributed by atoms with E-state index in [9.17, 15) is 4.79 Å². The van der Waals surface area contributed by atoms with Gasteiger partial charge in [0.1, 0.15) is 0 Å². The molecule has 1 aromatic carbocycles. The van der Waals surface area contributed by atoms with Crippen LogP contribution in [0.5, 0.6) is 0 Å². The fourth-order valence-electron chi connectivity index (χ4n) is 2.40. The number of rotatable bonds is 8. The molecule has 1 amide bonds. The summed E-state index contributed by atoms with van der Waals surface area (Å²) in [7, 11) is 0. The van der Waals surface area contributed by atoms with Crippen molar-refractivity contribution in [2.45, 2.75) is 40.2 Å². The summed E-state index contributed by atoms with van der Waals surface area (Å²) >= 11 is 0. The summed E-state index contributed by atoms with van der Waals surface area (Å²) < 4.78 is 0. The quantitative estimate of drug-likeness (QED) is 0.801. The number of nitrogens with zero attached hydrogens (tertiary/aromatic N) is 2. The highest BCUT2D eigenvalue weighted by atomic mass is 16.3. The second kappa shape index (κ2) is 8.67. The normalized spacial score (nSPS) is 10.8. The summed E-state index contributed by atoms with van der Waals surface area (Å²) in [6.45, 7) is 10.9. The van der Waals surface area contributed by atoms with Gasteiger partial charge in [0.05, 0.1) is 0 Å². The number of aliphatic hydroxyl groups excluding tert-OH is 1. The van der Waals surface area contributed by atoms with Crippen LogP contribution >= 0.6 is 0 Å². The molecule has 0 unspecified atom stereocenters. The van der Waals surface area contributed by atoms with Crippen molar-refractivity contribution in [2.75, 3.05) is 31.1 Å². The molecule has 0 atom stereocenters. The number of hydrogen-bond acceptors (Lipinski definition) is 3. The van der Waals surface area contributed by atoms with Gasteiger partial charge in [0.25, 0.3) is 5.91 Å². The molecule has 0 aromatic heterocycles. The number of carbonyl (C=O) groups excluding carboxylic acids is 1. The minimum atomic E-state index is 0.0320. The van der Waals surface area contributed by atoms with Gasteiger partial charge in [0.15, 0.2) is 0 Å². The van der Waals surface area contributed by atoms with E-state index in [0.717, 1.165) is 18.8 Å². The molecule has 4 nitrogen and oxygen atoms in total. The predicted molar refractivity (Wildman–Crippen MR) is 87.9 cm³/mol. The van der Waals surface area contributed by atoms with Crippen LogP contribution in [-0.2, 0) is 0 Å². The highest BCUT2D eigenvalue weighted by molar-refractivity contribution is 5.94. The fourth-order valence-corrected chi connectivity index (χ4v) is 2.40. The molecule has 0 fully saturated rings. The molecule has 0 aliphatic heterocycles. The Morgan fingerprint density at radius 3 is 2.14 bits per heavy atom. The van der Waals surface area contributed by atoms with Gasteiger partial charge >= 0.3 is 0 Å². The monoisotopic (exact) mass is 292 g/mol. The van der Waals surface area contributed by atoms with Crippen LogP contribution in [0.1, 0.15) is 44.5 Å². The highest BCUT2D eigenvalue weighted by Gasteiger charge is 2.18. The average molecular weight is 292 g/mol. The van der Waals surface area contributed by atoms with Gasteiger partial charge in [0, 0.05) is 43.5 Å². The van der Waals surface area contributed by atoms with E-state index in [1.165, 1.54) is 0 Å². The maximum Gasteiger partial charge on any atom is 0.254 e. The molecule has 1 rings (SSSR count). The second-order valence-corrected chi connectivity index (χ2v) is 5.39. The zero-order chi connectivity index (χ0) is 15.8. The third-order valence-corrected chi connectivity index (χ3v) is 3.68. The minimum Gasteiger partial charge on any atom is -0.396 e. The second-order valence-electron chi connectivity index (χ2n) is 5.39. The van der Waals surface area contributed by atoms with Crippen molar-refractivity contribution in [3.8, 4) is 0 Å².